The summed E-state index contributed by atoms with van der Waals surface area (Å²) in [4.78, 5) is 13.6. The van der Waals surface area contributed by atoms with Crippen molar-refractivity contribution in [1.82, 2.24) is 10.2 Å². The minimum atomic E-state index is 0.213. The van der Waals surface area contributed by atoms with Crippen LogP contribution in [-0.4, -0.2) is 42.5 Å². The molecule has 0 aliphatic carbocycles. The second kappa shape index (κ2) is 5.15. The van der Waals surface area contributed by atoms with Crippen molar-refractivity contribution >= 4 is 5.91 Å². The zero-order valence-corrected chi connectivity index (χ0v) is 10.1. The van der Waals surface area contributed by atoms with E-state index in [1.807, 2.05) is 0 Å². The Kier molecular flexibility index (Phi) is 3.82. The normalized spacial score (nSPS) is 36.4. The molecule has 0 saturated carbocycles. The fourth-order valence-corrected chi connectivity index (χ4v) is 2.81. The Labute approximate surface area is 97.6 Å². The molecule has 4 heteroatoms. The Balaban J connectivity index is 1.84. The largest absolute Gasteiger partial charge is 0.352 e. The number of carbonyl (C=O) groups excluding carboxylic acids is 1. The van der Waals surface area contributed by atoms with E-state index in [4.69, 9.17) is 5.73 Å². The van der Waals surface area contributed by atoms with E-state index in [0.29, 0.717) is 24.4 Å². The summed E-state index contributed by atoms with van der Waals surface area (Å²) in [5.74, 6) is 0.860. The molecule has 2 saturated heterocycles. The second-order valence-electron chi connectivity index (χ2n) is 5.29. The second-order valence-corrected chi connectivity index (χ2v) is 5.29. The molecule has 16 heavy (non-hydrogen) atoms. The van der Waals surface area contributed by atoms with Gasteiger partial charge in [-0.2, -0.15) is 0 Å². The van der Waals surface area contributed by atoms with Crippen LogP contribution in [0.2, 0.25) is 0 Å². The lowest BCUT2D eigenvalue weighted by atomic mass is 9.93. The molecule has 92 valence electrons. The van der Waals surface area contributed by atoms with Gasteiger partial charge in [-0.05, 0) is 38.6 Å². The number of nitrogens with one attached hydrogen (secondary N) is 1. The highest BCUT2D eigenvalue weighted by Crippen LogP contribution is 2.22. The van der Waals surface area contributed by atoms with E-state index in [-0.39, 0.29) is 5.91 Å². The summed E-state index contributed by atoms with van der Waals surface area (Å²) in [6, 6.07) is 1.01. The van der Waals surface area contributed by atoms with Gasteiger partial charge in [0.05, 0.1) is 0 Å². The molecule has 0 aromatic heterocycles. The van der Waals surface area contributed by atoms with E-state index in [2.05, 4.69) is 17.1 Å². The summed E-state index contributed by atoms with van der Waals surface area (Å²) in [6.45, 7) is 5.18. The fourth-order valence-electron chi connectivity index (χ4n) is 2.81. The van der Waals surface area contributed by atoms with Gasteiger partial charge in [0.15, 0.2) is 0 Å². The molecule has 2 aliphatic rings. The first-order chi connectivity index (χ1) is 7.69. The van der Waals surface area contributed by atoms with Gasteiger partial charge in [-0.25, -0.2) is 0 Å². The molecule has 2 rings (SSSR count). The summed E-state index contributed by atoms with van der Waals surface area (Å²) in [5, 5.41) is 3.04. The van der Waals surface area contributed by atoms with Crippen molar-refractivity contribution < 1.29 is 4.79 Å². The molecule has 0 spiro atoms. The predicted molar refractivity (Wildman–Crippen MR) is 64.0 cm³/mol. The van der Waals surface area contributed by atoms with Gasteiger partial charge in [0, 0.05) is 31.6 Å². The molecule has 2 aliphatic heterocycles. The number of hydrogen-bond donors (Lipinski definition) is 2. The van der Waals surface area contributed by atoms with Gasteiger partial charge in [0.25, 0.3) is 0 Å². The molecule has 0 bridgehead atoms. The average Bonchev–Trinajstić information content (AvgIpc) is 2.67. The standard InChI is InChI=1S/C12H23N3O/c1-9-2-3-10(6-13)7-15(9)8-11-4-5-12(16)14-11/h9-11H,2-8,13H2,1H3,(H,14,16). The zero-order valence-electron chi connectivity index (χ0n) is 10.1. The topological polar surface area (TPSA) is 58.4 Å². The first kappa shape index (κ1) is 11.9. The molecule has 3 unspecified atom stereocenters. The van der Waals surface area contributed by atoms with Crippen molar-refractivity contribution in [3.05, 3.63) is 0 Å². The third-order valence-electron chi connectivity index (χ3n) is 3.98. The van der Waals surface area contributed by atoms with Gasteiger partial charge in [-0.3, -0.25) is 9.69 Å². The molecular formula is C12H23N3O. The number of likely N-dealkylation sites (tertiary alicyclic amines) is 1. The summed E-state index contributed by atoms with van der Waals surface area (Å²) < 4.78 is 0. The molecule has 4 nitrogen and oxygen atoms in total. The first-order valence-electron chi connectivity index (χ1n) is 6.42. The third-order valence-corrected chi connectivity index (χ3v) is 3.98. The van der Waals surface area contributed by atoms with Gasteiger partial charge in [-0.1, -0.05) is 0 Å². The van der Waals surface area contributed by atoms with Crippen LogP contribution in [0.1, 0.15) is 32.6 Å². The number of carbonyl (C=O) groups is 1. The minimum absolute atomic E-state index is 0.213. The molecule has 0 aromatic carbocycles. The van der Waals surface area contributed by atoms with Crippen LogP contribution < -0.4 is 11.1 Å². The number of nitrogens with zero attached hydrogens (tertiary/aromatic N) is 1. The summed E-state index contributed by atoms with van der Waals surface area (Å²) >= 11 is 0. The van der Waals surface area contributed by atoms with Crippen LogP contribution in [-0.2, 0) is 4.79 Å². The van der Waals surface area contributed by atoms with Gasteiger partial charge in [-0.15, -0.1) is 0 Å². The van der Waals surface area contributed by atoms with Crippen molar-refractivity contribution in [1.29, 1.82) is 0 Å². The lowest BCUT2D eigenvalue weighted by molar-refractivity contribution is -0.119. The van der Waals surface area contributed by atoms with Crippen LogP contribution in [0.4, 0.5) is 0 Å². The van der Waals surface area contributed by atoms with E-state index < -0.39 is 0 Å². The minimum Gasteiger partial charge on any atom is -0.352 e. The Hall–Kier alpha value is -0.610. The van der Waals surface area contributed by atoms with E-state index in [9.17, 15) is 4.79 Å². The zero-order chi connectivity index (χ0) is 11.5. The fraction of sp³-hybridized carbons (Fsp3) is 0.917. The predicted octanol–water partition coefficient (Wildman–Crippen LogP) is 0.324. The van der Waals surface area contributed by atoms with Crippen LogP contribution >= 0.6 is 0 Å². The summed E-state index contributed by atoms with van der Waals surface area (Å²) in [7, 11) is 0. The monoisotopic (exact) mass is 225 g/mol. The average molecular weight is 225 g/mol. The number of nitrogens with two attached hydrogens (primary N) is 1. The van der Waals surface area contributed by atoms with Gasteiger partial charge >= 0.3 is 0 Å². The number of piperidine rings is 1. The van der Waals surface area contributed by atoms with Gasteiger partial charge in [0.1, 0.15) is 0 Å². The van der Waals surface area contributed by atoms with E-state index in [0.717, 1.165) is 26.1 Å². The Morgan fingerprint density at radius 3 is 2.88 bits per heavy atom. The highest BCUT2D eigenvalue weighted by Gasteiger charge is 2.29. The first-order valence-corrected chi connectivity index (χ1v) is 6.42. The number of rotatable bonds is 3. The van der Waals surface area contributed by atoms with E-state index in [1.165, 1.54) is 12.8 Å². The quantitative estimate of drug-likeness (QED) is 0.727. The third kappa shape index (κ3) is 2.74. The van der Waals surface area contributed by atoms with Crippen LogP contribution in [0.5, 0.6) is 0 Å². The molecule has 1 amide bonds. The van der Waals surface area contributed by atoms with Crippen molar-refractivity contribution in [3.63, 3.8) is 0 Å². The van der Waals surface area contributed by atoms with Crippen molar-refractivity contribution in [2.75, 3.05) is 19.6 Å². The van der Waals surface area contributed by atoms with Gasteiger partial charge in [0.2, 0.25) is 5.91 Å². The smallest absolute Gasteiger partial charge is 0.220 e. The molecule has 3 N–H and O–H groups in total. The SMILES string of the molecule is CC1CCC(CN)CN1CC1CCC(=O)N1. The van der Waals surface area contributed by atoms with Crippen molar-refractivity contribution in [2.24, 2.45) is 11.7 Å². The number of amides is 1. The molecular weight excluding hydrogens is 202 g/mol. The molecule has 0 aromatic rings. The Morgan fingerprint density at radius 1 is 1.44 bits per heavy atom. The molecule has 3 atom stereocenters. The maximum atomic E-state index is 11.1. The maximum Gasteiger partial charge on any atom is 0.220 e. The molecule has 2 fully saturated rings. The summed E-state index contributed by atoms with van der Waals surface area (Å²) in [6.07, 6.45) is 4.19. The van der Waals surface area contributed by atoms with Crippen molar-refractivity contribution in [2.45, 2.75) is 44.7 Å². The number of hydrogen-bond acceptors (Lipinski definition) is 3. The van der Waals surface area contributed by atoms with Crippen LogP contribution in [0.15, 0.2) is 0 Å². The van der Waals surface area contributed by atoms with Gasteiger partial charge < -0.3 is 11.1 Å². The van der Waals surface area contributed by atoms with Crippen molar-refractivity contribution in [3.8, 4) is 0 Å². The molecule has 0 radical (unpaired) electrons. The maximum absolute atomic E-state index is 11.1. The summed E-state index contributed by atoms with van der Waals surface area (Å²) in [5.41, 5.74) is 5.74. The Morgan fingerprint density at radius 2 is 2.25 bits per heavy atom. The van der Waals surface area contributed by atoms with Crippen LogP contribution in [0.3, 0.4) is 0 Å². The van der Waals surface area contributed by atoms with E-state index in [1.54, 1.807) is 0 Å². The lowest BCUT2D eigenvalue weighted by Gasteiger charge is -2.38. The highest BCUT2D eigenvalue weighted by molar-refractivity contribution is 5.78. The van der Waals surface area contributed by atoms with Crippen LogP contribution in [0, 0.1) is 5.92 Å². The van der Waals surface area contributed by atoms with Crippen LogP contribution in [0.25, 0.3) is 0 Å². The Bertz CT molecular complexity index is 257. The molecule has 2 heterocycles. The highest BCUT2D eigenvalue weighted by atomic mass is 16.1. The van der Waals surface area contributed by atoms with E-state index >= 15 is 0 Å². The lowest BCUT2D eigenvalue weighted by Crippen LogP contribution is -2.48.